The minimum Gasteiger partial charge on any atom is -0.472 e. The summed E-state index contributed by atoms with van der Waals surface area (Å²) >= 11 is 0. The summed E-state index contributed by atoms with van der Waals surface area (Å²) in [4.78, 5) is 15.3. The highest BCUT2D eigenvalue weighted by Gasteiger charge is 2.28. The third-order valence-electron chi connectivity index (χ3n) is 4.81. The van der Waals surface area contributed by atoms with Crippen LogP contribution in [0.2, 0.25) is 0 Å². The molecule has 0 N–H and O–H groups in total. The Bertz CT molecular complexity index is 499. The first-order valence-corrected chi connectivity index (χ1v) is 8.27. The van der Waals surface area contributed by atoms with Crippen molar-refractivity contribution in [3.05, 3.63) is 35.3 Å². The lowest BCUT2D eigenvalue weighted by atomic mass is 9.95. The molecule has 2 aliphatic heterocycles. The van der Waals surface area contributed by atoms with Crippen LogP contribution in [0.3, 0.4) is 0 Å². The van der Waals surface area contributed by atoms with E-state index in [1.54, 1.807) is 12.5 Å². The van der Waals surface area contributed by atoms with Crippen LogP contribution in [0.15, 0.2) is 35.3 Å². The molecule has 0 aromatic carbocycles. The van der Waals surface area contributed by atoms with Gasteiger partial charge in [-0.15, -0.1) is 12.4 Å². The largest absolute Gasteiger partial charge is 0.472 e. The molecule has 3 rings (SSSR count). The number of allylic oxidation sites excluding steroid dienone is 4. The second-order valence-electron chi connectivity index (χ2n) is 6.45. The van der Waals surface area contributed by atoms with Gasteiger partial charge in [-0.25, -0.2) is 0 Å². The summed E-state index contributed by atoms with van der Waals surface area (Å²) in [7, 11) is 0. The van der Waals surface area contributed by atoms with Gasteiger partial charge in [0.15, 0.2) is 5.78 Å². The predicted octanol–water partition coefficient (Wildman–Crippen LogP) is 4.01. The summed E-state index contributed by atoms with van der Waals surface area (Å²) in [6, 6.07) is 0. The van der Waals surface area contributed by atoms with Gasteiger partial charge in [-0.2, -0.15) is 0 Å². The lowest BCUT2D eigenvalue weighted by Crippen LogP contribution is -2.33. The molecule has 22 heavy (non-hydrogen) atoms. The van der Waals surface area contributed by atoms with E-state index in [1.165, 1.54) is 31.3 Å². The molecule has 1 saturated heterocycles. The zero-order valence-corrected chi connectivity index (χ0v) is 14.2. The average Bonchev–Trinajstić information content (AvgIpc) is 2.76. The van der Waals surface area contributed by atoms with Crippen molar-refractivity contribution >= 4 is 18.2 Å². The zero-order valence-electron chi connectivity index (χ0n) is 13.3. The first-order chi connectivity index (χ1) is 10.3. The maximum atomic E-state index is 12.8. The fraction of sp³-hybridized carbons (Fsp3) is 0.611. The number of halogens is 1. The molecule has 0 saturated carbocycles. The van der Waals surface area contributed by atoms with Crippen LogP contribution in [0.5, 0.6) is 0 Å². The van der Waals surface area contributed by atoms with Gasteiger partial charge in [0.05, 0.1) is 12.5 Å². The molecule has 3 aliphatic rings. The van der Waals surface area contributed by atoms with Crippen molar-refractivity contribution in [3.8, 4) is 0 Å². The van der Waals surface area contributed by atoms with Crippen molar-refractivity contribution < 1.29 is 9.53 Å². The summed E-state index contributed by atoms with van der Waals surface area (Å²) < 4.78 is 5.21. The van der Waals surface area contributed by atoms with Gasteiger partial charge in [-0.05, 0) is 56.0 Å². The highest BCUT2D eigenvalue weighted by molar-refractivity contribution is 6.00. The van der Waals surface area contributed by atoms with Crippen molar-refractivity contribution in [1.29, 1.82) is 0 Å². The molecule has 122 valence electrons. The highest BCUT2D eigenvalue weighted by Crippen LogP contribution is 2.36. The Morgan fingerprint density at radius 3 is 2.68 bits per heavy atom. The Labute approximate surface area is 139 Å². The van der Waals surface area contributed by atoms with Crippen LogP contribution in [0.25, 0.3) is 0 Å². The molecule has 0 bridgehead atoms. The topological polar surface area (TPSA) is 29.5 Å². The molecule has 0 amide bonds. The smallest absolute Gasteiger partial charge is 0.163 e. The molecule has 3 nitrogen and oxygen atoms in total. The fourth-order valence-electron chi connectivity index (χ4n) is 3.62. The van der Waals surface area contributed by atoms with Gasteiger partial charge in [0.25, 0.3) is 0 Å². The second kappa shape index (κ2) is 7.98. The number of carbonyl (C=O) groups is 1. The lowest BCUT2D eigenvalue weighted by Gasteiger charge is -2.23. The fourth-order valence-corrected chi connectivity index (χ4v) is 3.62. The van der Waals surface area contributed by atoms with Crippen molar-refractivity contribution in [2.45, 2.75) is 45.4 Å². The lowest BCUT2D eigenvalue weighted by molar-refractivity contribution is -0.119. The van der Waals surface area contributed by atoms with Crippen molar-refractivity contribution in [3.63, 3.8) is 0 Å². The van der Waals surface area contributed by atoms with Gasteiger partial charge in [-0.3, -0.25) is 4.79 Å². The Hall–Kier alpha value is -1.06. The number of carbonyl (C=O) groups excluding carboxylic acids is 1. The van der Waals surface area contributed by atoms with E-state index in [0.29, 0.717) is 5.78 Å². The number of rotatable bonds is 4. The van der Waals surface area contributed by atoms with Crippen molar-refractivity contribution in [2.24, 2.45) is 5.92 Å². The summed E-state index contributed by atoms with van der Waals surface area (Å²) in [6.07, 6.45) is 12.5. The Morgan fingerprint density at radius 2 is 1.95 bits per heavy atom. The molecular formula is C18H26ClNO2. The Kier molecular flexibility index (Phi) is 6.27. The van der Waals surface area contributed by atoms with Gasteiger partial charge in [0.2, 0.25) is 0 Å². The van der Waals surface area contributed by atoms with E-state index in [-0.39, 0.29) is 18.3 Å². The third kappa shape index (κ3) is 3.82. The summed E-state index contributed by atoms with van der Waals surface area (Å²) in [5, 5.41) is 0. The Balaban J connectivity index is 0.00000176. The first kappa shape index (κ1) is 17.3. The molecular weight excluding hydrogens is 298 g/mol. The van der Waals surface area contributed by atoms with Crippen LogP contribution in [0, 0.1) is 5.92 Å². The molecule has 0 radical (unpaired) electrons. The molecule has 0 aromatic rings. The number of nitrogens with zero attached hydrogens (tertiary/aromatic N) is 1. The summed E-state index contributed by atoms with van der Waals surface area (Å²) in [6.45, 7) is 5.31. The molecule has 0 aromatic heterocycles. The van der Waals surface area contributed by atoms with Gasteiger partial charge in [-0.1, -0.05) is 19.8 Å². The van der Waals surface area contributed by atoms with E-state index in [2.05, 4.69) is 11.8 Å². The third-order valence-corrected chi connectivity index (χ3v) is 4.81. The van der Waals surface area contributed by atoms with Crippen LogP contribution in [0.1, 0.15) is 45.4 Å². The quantitative estimate of drug-likeness (QED) is 0.783. The molecule has 1 unspecified atom stereocenters. The van der Waals surface area contributed by atoms with E-state index >= 15 is 0 Å². The maximum absolute atomic E-state index is 12.8. The molecule has 1 aliphatic carbocycles. The van der Waals surface area contributed by atoms with Gasteiger partial charge in [0.1, 0.15) is 0 Å². The van der Waals surface area contributed by atoms with E-state index < -0.39 is 0 Å². The minimum atomic E-state index is 0. The molecule has 1 fully saturated rings. The van der Waals surface area contributed by atoms with Crippen LogP contribution >= 0.6 is 12.4 Å². The number of Topliss-reactive ketones (excluding diaryl/α,β-unsaturated/α-hetero) is 1. The van der Waals surface area contributed by atoms with Crippen molar-refractivity contribution in [2.75, 3.05) is 19.6 Å². The summed E-state index contributed by atoms with van der Waals surface area (Å²) in [5.74, 6) is 0.436. The SMILES string of the molecule is CC(CN1CCCCCC1)C(=O)C1=C2C=COC=C2CC1.Cl. The monoisotopic (exact) mass is 323 g/mol. The highest BCUT2D eigenvalue weighted by atomic mass is 35.5. The molecule has 2 heterocycles. The number of fused-ring (bicyclic) bond motifs is 1. The van der Waals surface area contributed by atoms with Crippen molar-refractivity contribution in [1.82, 2.24) is 4.90 Å². The first-order valence-electron chi connectivity index (χ1n) is 8.27. The van der Waals surface area contributed by atoms with E-state index in [0.717, 1.165) is 43.6 Å². The summed E-state index contributed by atoms with van der Waals surface area (Å²) in [5.41, 5.74) is 3.32. The van der Waals surface area contributed by atoms with E-state index in [4.69, 9.17) is 4.74 Å². The van der Waals surface area contributed by atoms with Gasteiger partial charge < -0.3 is 9.64 Å². The zero-order chi connectivity index (χ0) is 14.7. The number of ether oxygens (including phenoxy) is 1. The standard InChI is InChI=1S/C18H25NO2.ClH/c1-14(12-19-9-4-2-3-5-10-19)18(20)17-7-6-15-13-21-11-8-16(15)17;/h8,11,13-14H,2-7,9-10,12H2,1H3;1H. The Morgan fingerprint density at radius 1 is 1.23 bits per heavy atom. The van der Waals surface area contributed by atoms with Gasteiger partial charge >= 0.3 is 0 Å². The number of hydrogen-bond acceptors (Lipinski definition) is 3. The molecule has 4 heteroatoms. The molecule has 1 atom stereocenters. The number of ketones is 1. The van der Waals surface area contributed by atoms with Crippen LogP contribution in [-0.4, -0.2) is 30.3 Å². The maximum Gasteiger partial charge on any atom is 0.163 e. The van der Waals surface area contributed by atoms with Crippen LogP contribution in [0.4, 0.5) is 0 Å². The van der Waals surface area contributed by atoms with E-state index in [1.807, 2.05) is 6.08 Å². The average molecular weight is 324 g/mol. The predicted molar refractivity (Wildman–Crippen MR) is 90.9 cm³/mol. The number of hydrogen-bond donors (Lipinski definition) is 0. The van der Waals surface area contributed by atoms with Crippen LogP contribution in [-0.2, 0) is 9.53 Å². The van der Waals surface area contributed by atoms with E-state index in [9.17, 15) is 4.79 Å². The normalized spacial score (nSPS) is 23.0. The van der Waals surface area contributed by atoms with Gasteiger partial charge in [0, 0.05) is 18.0 Å². The number of likely N-dealkylation sites (tertiary alicyclic amines) is 1. The minimum absolute atomic E-state index is 0. The van der Waals surface area contributed by atoms with Crippen LogP contribution < -0.4 is 0 Å². The molecule has 0 spiro atoms. The second-order valence-corrected chi connectivity index (χ2v) is 6.45.